The van der Waals surface area contributed by atoms with E-state index in [1.807, 2.05) is 6.08 Å². The lowest BCUT2D eigenvalue weighted by molar-refractivity contribution is -0.124. The number of ketones is 1. The fourth-order valence-corrected chi connectivity index (χ4v) is 1.51. The molecule has 0 N–H and O–H groups in total. The van der Waals surface area contributed by atoms with Gasteiger partial charge in [0.25, 0.3) is 0 Å². The monoisotopic (exact) mass is 166 g/mol. The second kappa shape index (κ2) is 6.84. The maximum atomic E-state index is 11.1. The molecule has 0 aromatic carbocycles. The summed E-state index contributed by atoms with van der Waals surface area (Å²) in [6, 6.07) is 0. The van der Waals surface area contributed by atoms with Crippen LogP contribution in [-0.4, -0.2) is 5.78 Å². The lowest BCUT2D eigenvalue weighted by Crippen LogP contribution is -2.17. The van der Waals surface area contributed by atoms with Crippen molar-refractivity contribution >= 4 is 5.78 Å². The van der Waals surface area contributed by atoms with Gasteiger partial charge in [-0.2, -0.15) is 0 Å². The molecule has 0 spiro atoms. The lowest BCUT2D eigenvalue weighted by atomic mass is 9.86. The third-order valence-electron chi connectivity index (χ3n) is 2.13. The Bertz CT molecular complexity index is 149. The van der Waals surface area contributed by atoms with E-state index in [-0.39, 0.29) is 0 Å². The van der Waals surface area contributed by atoms with E-state index in [4.69, 9.17) is 0 Å². The predicted molar refractivity (Wildman–Crippen MR) is 53.0 cm³/mol. The van der Waals surface area contributed by atoms with Gasteiger partial charge in [-0.25, -0.2) is 0 Å². The third-order valence-corrected chi connectivity index (χ3v) is 2.13. The first kappa shape index (κ1) is 11.2. The molecule has 0 bridgehead atoms. The summed E-state index contributed by atoms with van der Waals surface area (Å²) in [6.07, 6.45) is 6.97. The highest BCUT2D eigenvalue weighted by molar-refractivity contribution is 5.81. The summed E-state index contributed by atoms with van der Waals surface area (Å²) < 4.78 is 0. The van der Waals surface area contributed by atoms with Gasteiger partial charge in [0.1, 0.15) is 5.78 Å². The SMILES string of the molecule is C=C.C=CCC1CCCCC1=O. The molecule has 0 amide bonds. The summed E-state index contributed by atoms with van der Waals surface area (Å²) >= 11 is 0. The quantitative estimate of drug-likeness (QED) is 0.576. The number of carbonyl (C=O) groups excluding carboxylic acids is 1. The molecule has 0 aromatic heterocycles. The molecular weight excluding hydrogens is 148 g/mol. The van der Waals surface area contributed by atoms with Gasteiger partial charge in [0.15, 0.2) is 0 Å². The van der Waals surface area contributed by atoms with E-state index >= 15 is 0 Å². The van der Waals surface area contributed by atoms with Crippen LogP contribution in [0.25, 0.3) is 0 Å². The number of rotatable bonds is 2. The number of allylic oxidation sites excluding steroid dienone is 1. The van der Waals surface area contributed by atoms with Crippen molar-refractivity contribution < 1.29 is 4.79 Å². The molecule has 1 aliphatic carbocycles. The Morgan fingerprint density at radius 1 is 1.42 bits per heavy atom. The molecule has 1 heteroatoms. The molecule has 0 radical (unpaired) electrons. The highest BCUT2D eigenvalue weighted by Gasteiger charge is 2.19. The van der Waals surface area contributed by atoms with Gasteiger partial charge < -0.3 is 0 Å². The molecule has 1 nitrogen and oxygen atoms in total. The Morgan fingerprint density at radius 3 is 2.58 bits per heavy atom. The van der Waals surface area contributed by atoms with E-state index in [9.17, 15) is 4.79 Å². The molecule has 1 rings (SSSR count). The minimum Gasteiger partial charge on any atom is -0.299 e. The van der Waals surface area contributed by atoms with E-state index in [0.717, 1.165) is 25.7 Å². The van der Waals surface area contributed by atoms with Crippen molar-refractivity contribution in [1.82, 2.24) is 0 Å². The number of Topliss-reactive ketones (excluding diaryl/α,β-unsaturated/α-hetero) is 1. The summed E-state index contributed by atoms with van der Waals surface area (Å²) in [7, 11) is 0. The van der Waals surface area contributed by atoms with Gasteiger partial charge in [-0.15, -0.1) is 19.7 Å². The molecule has 0 saturated heterocycles. The third kappa shape index (κ3) is 3.51. The molecule has 0 heterocycles. The zero-order valence-electron chi connectivity index (χ0n) is 7.72. The molecule has 0 aromatic rings. The lowest BCUT2D eigenvalue weighted by Gasteiger charge is -2.18. The predicted octanol–water partition coefficient (Wildman–Crippen LogP) is 3.12. The van der Waals surface area contributed by atoms with Crippen LogP contribution in [0, 0.1) is 5.92 Å². The zero-order chi connectivity index (χ0) is 9.40. The van der Waals surface area contributed by atoms with Gasteiger partial charge in [0.2, 0.25) is 0 Å². The van der Waals surface area contributed by atoms with Crippen molar-refractivity contribution in [3.8, 4) is 0 Å². The first-order chi connectivity index (χ1) is 5.84. The summed E-state index contributed by atoms with van der Waals surface area (Å²) in [5.74, 6) is 0.761. The molecule has 1 aliphatic rings. The number of hydrogen-bond donors (Lipinski definition) is 0. The van der Waals surface area contributed by atoms with Crippen LogP contribution >= 0.6 is 0 Å². The van der Waals surface area contributed by atoms with Crippen molar-refractivity contribution in [1.29, 1.82) is 0 Å². The first-order valence-corrected chi connectivity index (χ1v) is 4.48. The van der Waals surface area contributed by atoms with Crippen molar-refractivity contribution in [2.45, 2.75) is 32.1 Å². The number of hydrogen-bond acceptors (Lipinski definition) is 1. The highest BCUT2D eigenvalue weighted by atomic mass is 16.1. The van der Waals surface area contributed by atoms with Gasteiger partial charge in [0.05, 0.1) is 0 Å². The minimum atomic E-state index is 0.311. The molecule has 1 unspecified atom stereocenters. The number of carbonyl (C=O) groups is 1. The van der Waals surface area contributed by atoms with E-state index in [1.165, 1.54) is 6.42 Å². The van der Waals surface area contributed by atoms with Crippen LogP contribution in [-0.2, 0) is 4.79 Å². The van der Waals surface area contributed by atoms with Gasteiger partial charge in [-0.3, -0.25) is 4.79 Å². The van der Waals surface area contributed by atoms with Crippen molar-refractivity contribution in [3.63, 3.8) is 0 Å². The van der Waals surface area contributed by atoms with Gasteiger partial charge in [-0.05, 0) is 19.3 Å². The first-order valence-electron chi connectivity index (χ1n) is 4.48. The van der Waals surface area contributed by atoms with Crippen molar-refractivity contribution in [3.05, 3.63) is 25.8 Å². The van der Waals surface area contributed by atoms with E-state index in [2.05, 4.69) is 19.7 Å². The van der Waals surface area contributed by atoms with Gasteiger partial charge in [-0.1, -0.05) is 12.5 Å². The fraction of sp³-hybridized carbons (Fsp3) is 0.545. The average Bonchev–Trinajstić information content (AvgIpc) is 2.13. The molecule has 1 fully saturated rings. The van der Waals surface area contributed by atoms with Crippen LogP contribution < -0.4 is 0 Å². The molecular formula is C11H18O. The molecule has 0 aliphatic heterocycles. The Balaban J connectivity index is 0.000000561. The average molecular weight is 166 g/mol. The summed E-state index contributed by atoms with van der Waals surface area (Å²) in [6.45, 7) is 9.64. The minimum absolute atomic E-state index is 0.311. The van der Waals surface area contributed by atoms with Gasteiger partial charge >= 0.3 is 0 Å². The Labute approximate surface area is 75.2 Å². The van der Waals surface area contributed by atoms with Crippen LogP contribution in [0.15, 0.2) is 25.8 Å². The standard InChI is InChI=1S/C9H14O.C2H4/c1-2-5-8-6-3-4-7-9(8)10;1-2/h2,8H,1,3-7H2;1-2H2. The van der Waals surface area contributed by atoms with Gasteiger partial charge in [0, 0.05) is 12.3 Å². The largest absolute Gasteiger partial charge is 0.299 e. The normalized spacial score (nSPS) is 22.3. The van der Waals surface area contributed by atoms with Crippen molar-refractivity contribution in [2.75, 3.05) is 0 Å². The smallest absolute Gasteiger partial charge is 0.136 e. The molecule has 12 heavy (non-hydrogen) atoms. The molecule has 1 atom stereocenters. The summed E-state index contributed by atoms with van der Waals surface area (Å²) in [4.78, 5) is 11.1. The van der Waals surface area contributed by atoms with E-state index < -0.39 is 0 Å². The van der Waals surface area contributed by atoms with Crippen LogP contribution in [0.5, 0.6) is 0 Å². The van der Waals surface area contributed by atoms with Crippen LogP contribution in [0.1, 0.15) is 32.1 Å². The maximum absolute atomic E-state index is 11.1. The van der Waals surface area contributed by atoms with Crippen LogP contribution in [0.4, 0.5) is 0 Å². The maximum Gasteiger partial charge on any atom is 0.136 e. The fourth-order valence-electron chi connectivity index (χ4n) is 1.51. The summed E-state index contributed by atoms with van der Waals surface area (Å²) in [5.41, 5.74) is 0. The topological polar surface area (TPSA) is 17.1 Å². The van der Waals surface area contributed by atoms with Crippen LogP contribution in [0.3, 0.4) is 0 Å². The Morgan fingerprint density at radius 2 is 2.08 bits per heavy atom. The second-order valence-electron chi connectivity index (χ2n) is 2.93. The molecule has 68 valence electrons. The van der Waals surface area contributed by atoms with E-state index in [0.29, 0.717) is 11.7 Å². The molecule has 1 saturated carbocycles. The highest BCUT2D eigenvalue weighted by Crippen LogP contribution is 2.23. The van der Waals surface area contributed by atoms with E-state index in [1.54, 1.807) is 0 Å². The second-order valence-corrected chi connectivity index (χ2v) is 2.93. The van der Waals surface area contributed by atoms with Crippen LogP contribution in [0.2, 0.25) is 0 Å². The zero-order valence-corrected chi connectivity index (χ0v) is 7.72. The summed E-state index contributed by atoms with van der Waals surface area (Å²) in [5, 5.41) is 0. The Hall–Kier alpha value is -0.850. The Kier molecular flexibility index (Phi) is 6.35. The van der Waals surface area contributed by atoms with Crippen molar-refractivity contribution in [2.24, 2.45) is 5.92 Å².